The van der Waals surface area contributed by atoms with Crippen LogP contribution in [0.25, 0.3) is 0 Å². The molecule has 5 amide bonds. The second-order valence-electron chi connectivity index (χ2n) is 6.53. The number of carbonyl (C=O) groups excluding carboxylic acids is 4. The highest BCUT2D eigenvalue weighted by Gasteiger charge is 2.28. The Hall–Kier alpha value is -3.88. The van der Waals surface area contributed by atoms with Crippen molar-refractivity contribution in [1.82, 2.24) is 15.5 Å². The lowest BCUT2D eigenvalue weighted by atomic mass is 10.2. The van der Waals surface area contributed by atoms with Crippen molar-refractivity contribution in [3.8, 4) is 5.75 Å². The molecule has 0 bridgehead atoms. The maximum atomic E-state index is 12.2. The number of nitrogens with zero attached hydrogens (tertiary/aromatic N) is 1. The van der Waals surface area contributed by atoms with Crippen LogP contribution in [-0.4, -0.2) is 48.3 Å². The minimum atomic E-state index is -0.438. The van der Waals surface area contributed by atoms with Crippen LogP contribution in [0.3, 0.4) is 0 Å². The Balaban J connectivity index is 1.51. The molecule has 2 aromatic carbocycles. The van der Waals surface area contributed by atoms with E-state index in [-0.39, 0.29) is 31.4 Å². The van der Waals surface area contributed by atoms with Gasteiger partial charge in [0.15, 0.2) is 0 Å². The Morgan fingerprint density at radius 3 is 2.57 bits per heavy atom. The van der Waals surface area contributed by atoms with Crippen molar-refractivity contribution in [2.24, 2.45) is 0 Å². The summed E-state index contributed by atoms with van der Waals surface area (Å²) < 4.78 is 5.33. The van der Waals surface area contributed by atoms with Gasteiger partial charge in [0, 0.05) is 11.3 Å². The highest BCUT2D eigenvalue weighted by atomic mass is 16.5. The molecule has 156 valence electrons. The molecule has 1 aliphatic rings. The van der Waals surface area contributed by atoms with Gasteiger partial charge in [0.2, 0.25) is 11.8 Å². The summed E-state index contributed by atoms with van der Waals surface area (Å²) in [6.07, 6.45) is 0. The smallest absolute Gasteiger partial charge is 0.324 e. The van der Waals surface area contributed by atoms with Crippen LogP contribution < -0.4 is 20.7 Å². The normalized spacial score (nSPS) is 13.0. The topological polar surface area (TPSA) is 117 Å². The molecule has 2 aromatic rings. The van der Waals surface area contributed by atoms with E-state index in [2.05, 4.69) is 16.0 Å². The van der Waals surface area contributed by atoms with Crippen molar-refractivity contribution in [3.05, 3.63) is 59.7 Å². The molecule has 9 heteroatoms. The van der Waals surface area contributed by atoms with Crippen molar-refractivity contribution in [2.45, 2.75) is 13.5 Å². The number of hydrogen-bond donors (Lipinski definition) is 3. The highest BCUT2D eigenvalue weighted by Crippen LogP contribution is 2.15. The van der Waals surface area contributed by atoms with Gasteiger partial charge in [0.1, 0.15) is 5.75 Å². The number of hydrogen-bond acceptors (Lipinski definition) is 5. The van der Waals surface area contributed by atoms with E-state index in [9.17, 15) is 19.2 Å². The van der Waals surface area contributed by atoms with Gasteiger partial charge in [-0.05, 0) is 48.9 Å². The monoisotopic (exact) mass is 410 g/mol. The molecule has 0 aliphatic carbocycles. The standard InChI is InChI=1S/C21H22N4O5/c1-2-30-17-8-6-15(7-9-17)20(28)22-11-18(26)24-16-5-3-4-14(10-16)13-25-19(27)12-23-21(25)29/h3-10H,2,11-13H2,1H3,(H,22,28)(H,23,29)(H,24,26). The van der Waals surface area contributed by atoms with Gasteiger partial charge < -0.3 is 20.7 Å². The third-order valence-corrected chi connectivity index (χ3v) is 4.33. The summed E-state index contributed by atoms with van der Waals surface area (Å²) in [4.78, 5) is 48.8. The van der Waals surface area contributed by atoms with Crippen LogP contribution in [0.5, 0.6) is 5.75 Å². The zero-order valence-electron chi connectivity index (χ0n) is 16.4. The maximum Gasteiger partial charge on any atom is 0.324 e. The Morgan fingerprint density at radius 2 is 1.90 bits per heavy atom. The van der Waals surface area contributed by atoms with Crippen molar-refractivity contribution in [1.29, 1.82) is 0 Å². The first-order valence-corrected chi connectivity index (χ1v) is 9.44. The highest BCUT2D eigenvalue weighted by molar-refractivity contribution is 6.02. The van der Waals surface area contributed by atoms with E-state index in [1.54, 1.807) is 48.5 Å². The lowest BCUT2D eigenvalue weighted by molar-refractivity contribution is -0.125. The molecule has 0 aromatic heterocycles. The number of rotatable bonds is 8. The quantitative estimate of drug-likeness (QED) is 0.571. The summed E-state index contributed by atoms with van der Waals surface area (Å²) in [7, 11) is 0. The van der Waals surface area contributed by atoms with Gasteiger partial charge in [0.25, 0.3) is 5.91 Å². The van der Waals surface area contributed by atoms with E-state index in [1.165, 1.54) is 0 Å². The number of benzene rings is 2. The van der Waals surface area contributed by atoms with Crippen molar-refractivity contribution < 1.29 is 23.9 Å². The number of amides is 5. The molecule has 30 heavy (non-hydrogen) atoms. The number of urea groups is 1. The number of carbonyl (C=O) groups is 4. The van der Waals surface area contributed by atoms with Crippen LogP contribution in [0.1, 0.15) is 22.8 Å². The first-order valence-electron chi connectivity index (χ1n) is 9.44. The molecular weight excluding hydrogens is 388 g/mol. The van der Waals surface area contributed by atoms with Crippen molar-refractivity contribution in [2.75, 3.05) is 25.0 Å². The molecule has 0 saturated carbocycles. The lowest BCUT2D eigenvalue weighted by Crippen LogP contribution is -2.33. The minimum absolute atomic E-state index is 0.0106. The average Bonchev–Trinajstić information content (AvgIpc) is 3.05. The molecule has 1 fully saturated rings. The number of anilines is 1. The predicted octanol–water partition coefficient (Wildman–Crippen LogP) is 1.51. The van der Waals surface area contributed by atoms with E-state index in [4.69, 9.17) is 4.74 Å². The number of ether oxygens (including phenoxy) is 1. The third-order valence-electron chi connectivity index (χ3n) is 4.33. The Morgan fingerprint density at radius 1 is 1.13 bits per heavy atom. The van der Waals surface area contributed by atoms with Gasteiger partial charge >= 0.3 is 6.03 Å². The maximum absolute atomic E-state index is 12.2. The van der Waals surface area contributed by atoms with Gasteiger partial charge in [-0.15, -0.1) is 0 Å². The van der Waals surface area contributed by atoms with Crippen LogP contribution in [0, 0.1) is 0 Å². The molecule has 3 N–H and O–H groups in total. The summed E-state index contributed by atoms with van der Waals surface area (Å²) in [6, 6.07) is 13.0. The molecular formula is C21H22N4O5. The van der Waals surface area contributed by atoms with E-state index in [0.717, 1.165) is 4.90 Å². The van der Waals surface area contributed by atoms with Gasteiger partial charge in [-0.25, -0.2) is 4.79 Å². The van der Waals surface area contributed by atoms with Gasteiger partial charge in [-0.1, -0.05) is 12.1 Å². The Labute approximate surface area is 173 Å². The SMILES string of the molecule is CCOc1ccc(C(=O)NCC(=O)Nc2cccc(CN3C(=O)CNC3=O)c2)cc1. The number of imide groups is 1. The minimum Gasteiger partial charge on any atom is -0.494 e. The number of nitrogens with one attached hydrogen (secondary N) is 3. The molecule has 0 unspecified atom stereocenters. The largest absolute Gasteiger partial charge is 0.494 e. The summed E-state index contributed by atoms with van der Waals surface area (Å²) in [5, 5.41) is 7.70. The van der Waals surface area contributed by atoms with Crippen LogP contribution in [0.15, 0.2) is 48.5 Å². The van der Waals surface area contributed by atoms with Crippen LogP contribution in [0.2, 0.25) is 0 Å². The van der Waals surface area contributed by atoms with Gasteiger partial charge in [-0.2, -0.15) is 0 Å². The second kappa shape index (κ2) is 9.55. The zero-order chi connectivity index (χ0) is 21.5. The van der Waals surface area contributed by atoms with E-state index in [1.807, 2.05) is 6.92 Å². The molecule has 3 rings (SSSR count). The van der Waals surface area contributed by atoms with Gasteiger partial charge in [0.05, 0.1) is 26.2 Å². The molecule has 0 radical (unpaired) electrons. The fourth-order valence-electron chi connectivity index (χ4n) is 2.88. The molecule has 0 atom stereocenters. The van der Waals surface area contributed by atoms with E-state index < -0.39 is 11.9 Å². The van der Waals surface area contributed by atoms with Crippen LogP contribution in [0.4, 0.5) is 10.5 Å². The summed E-state index contributed by atoms with van der Waals surface area (Å²) >= 11 is 0. The molecule has 9 nitrogen and oxygen atoms in total. The summed E-state index contributed by atoms with van der Waals surface area (Å²) in [6.45, 7) is 2.31. The fraction of sp³-hybridized carbons (Fsp3) is 0.238. The molecule has 1 saturated heterocycles. The van der Waals surface area contributed by atoms with E-state index in [0.29, 0.717) is 29.2 Å². The third kappa shape index (κ3) is 5.34. The zero-order valence-corrected chi connectivity index (χ0v) is 16.4. The second-order valence-corrected chi connectivity index (χ2v) is 6.53. The van der Waals surface area contributed by atoms with Crippen LogP contribution in [-0.2, 0) is 16.1 Å². The summed E-state index contributed by atoms with van der Waals surface area (Å²) in [5.74, 6) is -0.409. The van der Waals surface area contributed by atoms with Crippen LogP contribution >= 0.6 is 0 Å². The molecule has 0 spiro atoms. The van der Waals surface area contributed by atoms with Gasteiger partial charge in [-0.3, -0.25) is 19.3 Å². The molecule has 1 heterocycles. The van der Waals surface area contributed by atoms with Crippen molar-refractivity contribution in [3.63, 3.8) is 0 Å². The fourth-order valence-corrected chi connectivity index (χ4v) is 2.88. The Kier molecular flexibility index (Phi) is 6.63. The van der Waals surface area contributed by atoms with Crippen molar-refractivity contribution >= 4 is 29.4 Å². The first kappa shape index (κ1) is 20.8. The predicted molar refractivity (Wildman–Crippen MR) is 109 cm³/mol. The Bertz CT molecular complexity index is 942. The molecule has 1 aliphatic heterocycles. The first-order chi connectivity index (χ1) is 14.5. The summed E-state index contributed by atoms with van der Waals surface area (Å²) in [5.41, 5.74) is 1.61. The van der Waals surface area contributed by atoms with E-state index >= 15 is 0 Å². The average molecular weight is 410 g/mol. The lowest BCUT2D eigenvalue weighted by Gasteiger charge is -2.13.